The van der Waals surface area contributed by atoms with Crippen molar-refractivity contribution in [3.05, 3.63) is 0 Å². The van der Waals surface area contributed by atoms with E-state index in [1.54, 1.807) is 0 Å². The maximum Gasteiger partial charge on any atom is 0.221 e. The average molecular weight is 202 g/mol. The van der Waals surface area contributed by atoms with Crippen LogP contribution in [0.2, 0.25) is 0 Å². The average Bonchev–Trinajstić information content (AvgIpc) is 2.13. The molecule has 0 aliphatic carbocycles. The lowest BCUT2D eigenvalue weighted by Gasteiger charge is -2.10. The fraction of sp³-hybridized carbons (Fsp3) is 0.900. The molecule has 1 unspecified atom stereocenters. The first-order chi connectivity index (χ1) is 6.70. The SMILES string of the molecule is CCCC(O)CNCCC(=O)NCC. The van der Waals surface area contributed by atoms with Gasteiger partial charge in [0.15, 0.2) is 0 Å². The first-order valence-electron chi connectivity index (χ1n) is 5.36. The van der Waals surface area contributed by atoms with Gasteiger partial charge in [0.05, 0.1) is 6.10 Å². The van der Waals surface area contributed by atoms with Gasteiger partial charge in [-0.25, -0.2) is 0 Å². The van der Waals surface area contributed by atoms with E-state index in [1.165, 1.54) is 0 Å². The number of nitrogens with one attached hydrogen (secondary N) is 2. The minimum absolute atomic E-state index is 0.0602. The minimum Gasteiger partial charge on any atom is -0.392 e. The molecule has 0 aromatic rings. The van der Waals surface area contributed by atoms with E-state index in [1.807, 2.05) is 13.8 Å². The van der Waals surface area contributed by atoms with Crippen LogP contribution in [-0.2, 0) is 4.79 Å². The van der Waals surface area contributed by atoms with Gasteiger partial charge in [-0.15, -0.1) is 0 Å². The molecule has 84 valence electrons. The summed E-state index contributed by atoms with van der Waals surface area (Å²) in [7, 11) is 0. The fourth-order valence-corrected chi connectivity index (χ4v) is 1.19. The summed E-state index contributed by atoms with van der Waals surface area (Å²) in [5, 5.41) is 15.1. The van der Waals surface area contributed by atoms with Crippen LogP contribution in [0.15, 0.2) is 0 Å². The third-order valence-electron chi connectivity index (χ3n) is 1.90. The van der Waals surface area contributed by atoms with Gasteiger partial charge >= 0.3 is 0 Å². The van der Waals surface area contributed by atoms with Crippen LogP contribution >= 0.6 is 0 Å². The normalized spacial score (nSPS) is 12.5. The third kappa shape index (κ3) is 8.01. The summed E-state index contributed by atoms with van der Waals surface area (Å²) >= 11 is 0. The Morgan fingerprint density at radius 3 is 2.71 bits per heavy atom. The largest absolute Gasteiger partial charge is 0.392 e. The van der Waals surface area contributed by atoms with Gasteiger partial charge in [-0.2, -0.15) is 0 Å². The highest BCUT2D eigenvalue weighted by Crippen LogP contribution is 1.93. The topological polar surface area (TPSA) is 61.4 Å². The minimum atomic E-state index is -0.283. The second-order valence-electron chi connectivity index (χ2n) is 3.35. The molecule has 0 aliphatic heterocycles. The molecule has 0 heterocycles. The van der Waals surface area contributed by atoms with Crippen LogP contribution in [-0.4, -0.2) is 36.8 Å². The highest BCUT2D eigenvalue weighted by molar-refractivity contribution is 5.75. The molecule has 1 atom stereocenters. The Labute approximate surface area is 86.1 Å². The molecule has 14 heavy (non-hydrogen) atoms. The third-order valence-corrected chi connectivity index (χ3v) is 1.90. The molecule has 0 aliphatic rings. The molecule has 4 nitrogen and oxygen atoms in total. The Kier molecular flexibility index (Phi) is 8.57. The summed E-state index contributed by atoms with van der Waals surface area (Å²) in [4.78, 5) is 11.0. The van der Waals surface area contributed by atoms with Crippen molar-refractivity contribution in [3.63, 3.8) is 0 Å². The van der Waals surface area contributed by atoms with Gasteiger partial charge in [-0.1, -0.05) is 13.3 Å². The van der Waals surface area contributed by atoms with E-state index < -0.39 is 0 Å². The van der Waals surface area contributed by atoms with Gasteiger partial charge < -0.3 is 15.7 Å². The summed E-state index contributed by atoms with van der Waals surface area (Å²) in [6, 6.07) is 0. The number of rotatable bonds is 8. The molecule has 0 radical (unpaired) electrons. The molecule has 0 fully saturated rings. The van der Waals surface area contributed by atoms with Crippen LogP contribution < -0.4 is 10.6 Å². The monoisotopic (exact) mass is 202 g/mol. The fourth-order valence-electron chi connectivity index (χ4n) is 1.19. The van der Waals surface area contributed by atoms with Crippen molar-refractivity contribution in [2.24, 2.45) is 0 Å². The number of aliphatic hydroxyl groups is 1. The highest BCUT2D eigenvalue weighted by Gasteiger charge is 2.02. The molecule has 3 N–H and O–H groups in total. The summed E-state index contributed by atoms with van der Waals surface area (Å²) in [5.41, 5.74) is 0. The maximum atomic E-state index is 11.0. The Morgan fingerprint density at radius 2 is 2.14 bits per heavy atom. The molecule has 0 aromatic carbocycles. The van der Waals surface area contributed by atoms with Crippen molar-refractivity contribution in [2.75, 3.05) is 19.6 Å². The second-order valence-corrected chi connectivity index (χ2v) is 3.35. The van der Waals surface area contributed by atoms with E-state index in [-0.39, 0.29) is 12.0 Å². The molecular weight excluding hydrogens is 180 g/mol. The first kappa shape index (κ1) is 13.4. The van der Waals surface area contributed by atoms with E-state index in [4.69, 9.17) is 0 Å². The van der Waals surface area contributed by atoms with Crippen molar-refractivity contribution < 1.29 is 9.90 Å². The summed E-state index contributed by atoms with van der Waals surface area (Å²) in [6.45, 7) is 5.82. The zero-order chi connectivity index (χ0) is 10.8. The lowest BCUT2D eigenvalue weighted by atomic mass is 10.2. The van der Waals surface area contributed by atoms with Crippen LogP contribution in [0.25, 0.3) is 0 Å². The quantitative estimate of drug-likeness (QED) is 0.495. The summed E-state index contributed by atoms with van der Waals surface area (Å²) < 4.78 is 0. The molecule has 0 spiro atoms. The maximum absolute atomic E-state index is 11.0. The predicted molar refractivity (Wildman–Crippen MR) is 57.1 cm³/mol. The van der Waals surface area contributed by atoms with E-state index >= 15 is 0 Å². The lowest BCUT2D eigenvalue weighted by molar-refractivity contribution is -0.120. The summed E-state index contributed by atoms with van der Waals surface area (Å²) in [6.07, 6.45) is 1.99. The van der Waals surface area contributed by atoms with Gasteiger partial charge in [0.25, 0.3) is 0 Å². The smallest absolute Gasteiger partial charge is 0.221 e. The van der Waals surface area contributed by atoms with E-state index in [0.717, 1.165) is 12.8 Å². The number of amides is 1. The van der Waals surface area contributed by atoms with Crippen molar-refractivity contribution in [2.45, 2.75) is 39.2 Å². The zero-order valence-corrected chi connectivity index (χ0v) is 9.18. The van der Waals surface area contributed by atoms with Crippen LogP contribution in [0.1, 0.15) is 33.1 Å². The molecule has 0 saturated heterocycles. The molecule has 4 heteroatoms. The highest BCUT2D eigenvalue weighted by atomic mass is 16.3. The molecule has 1 amide bonds. The van der Waals surface area contributed by atoms with Crippen LogP contribution in [0.3, 0.4) is 0 Å². The molecule has 0 rings (SSSR count). The Hall–Kier alpha value is -0.610. The van der Waals surface area contributed by atoms with Gasteiger partial charge in [0, 0.05) is 26.1 Å². The Balaban J connectivity index is 3.24. The number of hydrogen-bond acceptors (Lipinski definition) is 3. The number of carbonyl (C=O) groups excluding carboxylic acids is 1. The molecular formula is C10H22N2O2. The van der Waals surface area contributed by atoms with Gasteiger partial charge in [0.1, 0.15) is 0 Å². The van der Waals surface area contributed by atoms with E-state index in [2.05, 4.69) is 10.6 Å². The van der Waals surface area contributed by atoms with Crippen LogP contribution in [0.5, 0.6) is 0 Å². The van der Waals surface area contributed by atoms with Crippen molar-refractivity contribution in [3.8, 4) is 0 Å². The van der Waals surface area contributed by atoms with E-state index in [9.17, 15) is 9.90 Å². The molecule has 0 saturated carbocycles. The van der Waals surface area contributed by atoms with Crippen LogP contribution in [0, 0.1) is 0 Å². The second kappa shape index (κ2) is 8.97. The van der Waals surface area contributed by atoms with Crippen molar-refractivity contribution >= 4 is 5.91 Å². The van der Waals surface area contributed by atoms with Crippen molar-refractivity contribution in [1.29, 1.82) is 0 Å². The number of aliphatic hydroxyl groups excluding tert-OH is 1. The van der Waals surface area contributed by atoms with Gasteiger partial charge in [0.2, 0.25) is 5.91 Å². The first-order valence-corrected chi connectivity index (χ1v) is 5.36. The van der Waals surface area contributed by atoms with E-state index in [0.29, 0.717) is 26.1 Å². The van der Waals surface area contributed by atoms with Crippen molar-refractivity contribution in [1.82, 2.24) is 10.6 Å². The van der Waals surface area contributed by atoms with Gasteiger partial charge in [-0.3, -0.25) is 4.79 Å². The lowest BCUT2D eigenvalue weighted by Crippen LogP contribution is -2.31. The molecule has 0 aromatic heterocycles. The Bertz CT molecular complexity index is 151. The van der Waals surface area contributed by atoms with Gasteiger partial charge in [-0.05, 0) is 13.3 Å². The number of carbonyl (C=O) groups is 1. The zero-order valence-electron chi connectivity index (χ0n) is 9.18. The number of hydrogen-bond donors (Lipinski definition) is 3. The standard InChI is InChI=1S/C10H22N2O2/c1-3-5-9(13)8-11-7-6-10(14)12-4-2/h9,11,13H,3-8H2,1-2H3,(H,12,14). The summed E-state index contributed by atoms with van der Waals surface area (Å²) in [5.74, 6) is 0.0602. The van der Waals surface area contributed by atoms with Crippen LogP contribution in [0.4, 0.5) is 0 Å². The predicted octanol–water partition coefficient (Wildman–Crippen LogP) is 0.263. The molecule has 0 bridgehead atoms. The Morgan fingerprint density at radius 1 is 1.43 bits per heavy atom.